The van der Waals surface area contributed by atoms with Crippen LogP contribution in [0.4, 0.5) is 17.6 Å². The zero-order valence-corrected chi connectivity index (χ0v) is 16.2. The van der Waals surface area contributed by atoms with Crippen molar-refractivity contribution in [2.75, 3.05) is 6.61 Å². The van der Waals surface area contributed by atoms with E-state index in [1.54, 1.807) is 26.0 Å². The molecule has 2 aromatic rings. The van der Waals surface area contributed by atoms with Crippen LogP contribution in [0.2, 0.25) is 0 Å². The molecule has 0 bridgehead atoms. The molecule has 2 N–H and O–H groups in total. The maximum atomic E-state index is 13.9. The molecule has 2 atom stereocenters. The smallest absolute Gasteiger partial charge is 0.419 e. The lowest BCUT2D eigenvalue weighted by Gasteiger charge is -2.42. The first-order valence-corrected chi connectivity index (χ1v) is 9.80. The number of aromatic nitrogens is 1. The molecule has 0 saturated carbocycles. The predicted molar refractivity (Wildman–Crippen MR) is 97.6 cm³/mol. The highest BCUT2D eigenvalue weighted by Gasteiger charge is 2.47. The Labute approximate surface area is 162 Å². The van der Waals surface area contributed by atoms with E-state index in [0.29, 0.717) is 17.9 Å². The Kier molecular flexibility index (Phi) is 5.26. The van der Waals surface area contributed by atoms with Gasteiger partial charge in [-0.15, -0.1) is 0 Å². The topological polar surface area (TPSA) is 65.2 Å². The van der Waals surface area contributed by atoms with Gasteiger partial charge >= 0.3 is 6.18 Å². The van der Waals surface area contributed by atoms with E-state index in [0.717, 1.165) is 12.1 Å². The summed E-state index contributed by atoms with van der Waals surface area (Å²) in [7, 11) is -1.75. The number of halogens is 4. The first kappa shape index (κ1) is 20.7. The third kappa shape index (κ3) is 3.65. The molecule has 0 radical (unpaired) electrons. The van der Waals surface area contributed by atoms with Crippen LogP contribution in [0.5, 0.6) is 5.75 Å². The molecule has 4 nitrogen and oxygen atoms in total. The maximum absolute atomic E-state index is 13.9. The van der Waals surface area contributed by atoms with Crippen molar-refractivity contribution in [3.8, 4) is 5.75 Å². The number of nitrogens with zero attached hydrogens (tertiary/aromatic N) is 1. The average Bonchev–Trinajstić information content (AvgIpc) is 2.61. The molecule has 0 spiro atoms. The van der Waals surface area contributed by atoms with E-state index in [1.807, 2.05) is 0 Å². The van der Waals surface area contributed by atoms with Crippen molar-refractivity contribution in [3.05, 3.63) is 59.2 Å². The highest BCUT2D eigenvalue weighted by atomic mass is 32.2. The molecule has 1 aliphatic rings. The summed E-state index contributed by atoms with van der Waals surface area (Å²) in [4.78, 5) is 4.37. The fraction of sp³-hybridized carbons (Fsp3) is 0.421. The third-order valence-corrected chi connectivity index (χ3v) is 6.34. The zero-order valence-electron chi connectivity index (χ0n) is 15.3. The summed E-state index contributed by atoms with van der Waals surface area (Å²) in [6, 6.07) is 6.28. The quantitative estimate of drug-likeness (QED) is 0.764. The van der Waals surface area contributed by atoms with Crippen LogP contribution in [0.3, 0.4) is 0 Å². The molecule has 152 valence electrons. The monoisotopic (exact) mass is 416 g/mol. The molecular weight excluding hydrogens is 396 g/mol. The summed E-state index contributed by atoms with van der Waals surface area (Å²) >= 11 is 0. The highest BCUT2D eigenvalue weighted by Crippen LogP contribution is 2.49. The number of ether oxygens (including phenoxy) is 1. The summed E-state index contributed by atoms with van der Waals surface area (Å²) in [5, 5.41) is 5.65. The minimum Gasteiger partial charge on any atom is -0.492 e. The lowest BCUT2D eigenvalue weighted by Crippen LogP contribution is -2.44. The van der Waals surface area contributed by atoms with E-state index in [9.17, 15) is 21.8 Å². The van der Waals surface area contributed by atoms with Crippen LogP contribution in [-0.4, -0.2) is 20.5 Å². The second kappa shape index (κ2) is 7.11. The largest absolute Gasteiger partial charge is 0.492 e. The number of hydrogen-bond acceptors (Lipinski definition) is 3. The molecule has 1 aromatic heterocycles. The minimum atomic E-state index is -4.84. The van der Waals surface area contributed by atoms with E-state index in [4.69, 9.17) is 9.88 Å². The molecule has 1 aromatic carbocycles. The maximum Gasteiger partial charge on any atom is 0.419 e. The van der Waals surface area contributed by atoms with Gasteiger partial charge in [-0.1, -0.05) is 6.07 Å². The van der Waals surface area contributed by atoms with Gasteiger partial charge in [-0.05, 0) is 56.5 Å². The minimum absolute atomic E-state index is 0.152. The number of nitrogens with two attached hydrogens (primary N) is 1. The highest BCUT2D eigenvalue weighted by molar-refractivity contribution is 7.84. The molecule has 1 unspecified atom stereocenters. The van der Waals surface area contributed by atoms with Gasteiger partial charge in [0, 0.05) is 11.6 Å². The standard InChI is InChI=1S/C19H20F4N2O2S/c1-17(2,28(24)26)11-18(7-9-27-15-4-3-8-25-16(15)18)12-5-6-14(20)13(10-12)19(21,22)23/h3-6,8,10H,7,9,11,24H2,1-2H3/t18-,28?/m0/s1. The second-order valence-electron chi connectivity index (χ2n) is 7.46. The molecule has 2 heterocycles. The van der Waals surface area contributed by atoms with E-state index >= 15 is 0 Å². The summed E-state index contributed by atoms with van der Waals surface area (Å²) in [6.45, 7) is 3.58. The number of alkyl halides is 3. The Morgan fingerprint density at radius 1 is 1.29 bits per heavy atom. The Bertz CT molecular complexity index is 917. The normalized spacial score (nSPS) is 21.0. The Morgan fingerprint density at radius 2 is 2.00 bits per heavy atom. The van der Waals surface area contributed by atoms with Crippen LogP contribution in [0.15, 0.2) is 36.5 Å². The Hall–Kier alpha value is -2.00. The van der Waals surface area contributed by atoms with Crippen molar-refractivity contribution in [3.63, 3.8) is 0 Å². The van der Waals surface area contributed by atoms with Gasteiger partial charge in [0.25, 0.3) is 0 Å². The fourth-order valence-electron chi connectivity index (χ4n) is 3.71. The van der Waals surface area contributed by atoms with Gasteiger partial charge in [0.15, 0.2) is 0 Å². The van der Waals surface area contributed by atoms with E-state index in [2.05, 4.69) is 4.98 Å². The number of fused-ring (bicyclic) bond motifs is 1. The Morgan fingerprint density at radius 3 is 2.64 bits per heavy atom. The first-order chi connectivity index (χ1) is 13.0. The Balaban J connectivity index is 2.27. The van der Waals surface area contributed by atoms with Crippen LogP contribution in [-0.2, 0) is 22.6 Å². The lowest BCUT2D eigenvalue weighted by atomic mass is 9.68. The molecule has 3 rings (SSSR count). The van der Waals surface area contributed by atoms with Gasteiger partial charge in [0.1, 0.15) is 11.6 Å². The third-order valence-electron chi connectivity index (χ3n) is 5.11. The zero-order chi connectivity index (χ0) is 20.7. The van der Waals surface area contributed by atoms with Crippen molar-refractivity contribution in [1.29, 1.82) is 0 Å². The summed E-state index contributed by atoms with van der Waals surface area (Å²) in [6.07, 6.45) is -2.88. The van der Waals surface area contributed by atoms with Crippen LogP contribution in [0, 0.1) is 5.82 Å². The van der Waals surface area contributed by atoms with Gasteiger partial charge < -0.3 is 4.74 Å². The molecule has 0 fully saturated rings. The number of rotatable bonds is 4. The fourth-order valence-corrected chi connectivity index (χ4v) is 4.10. The van der Waals surface area contributed by atoms with E-state index in [1.165, 1.54) is 12.3 Å². The lowest BCUT2D eigenvalue weighted by molar-refractivity contribution is -0.140. The van der Waals surface area contributed by atoms with Crippen molar-refractivity contribution in [2.24, 2.45) is 5.14 Å². The molecule has 28 heavy (non-hydrogen) atoms. The first-order valence-electron chi connectivity index (χ1n) is 8.59. The van der Waals surface area contributed by atoms with E-state index in [-0.39, 0.29) is 18.6 Å². The van der Waals surface area contributed by atoms with Crippen molar-refractivity contribution in [2.45, 2.75) is 43.0 Å². The van der Waals surface area contributed by atoms with Gasteiger partial charge in [0.2, 0.25) is 0 Å². The summed E-state index contributed by atoms with van der Waals surface area (Å²) < 4.78 is 70.7. The van der Waals surface area contributed by atoms with Crippen molar-refractivity contribution >= 4 is 11.0 Å². The SMILES string of the molecule is CC(C)(C[C@]1(c2ccc(F)c(C(F)(F)F)c2)CCOc2cccnc21)S(N)=O. The van der Waals surface area contributed by atoms with Gasteiger partial charge in [-0.3, -0.25) is 10.1 Å². The number of hydrogen-bond donors (Lipinski definition) is 1. The van der Waals surface area contributed by atoms with Crippen LogP contribution in [0.25, 0.3) is 0 Å². The number of benzene rings is 1. The molecule has 9 heteroatoms. The molecule has 1 aliphatic heterocycles. The molecule has 0 saturated heterocycles. The van der Waals surface area contributed by atoms with Crippen molar-refractivity contribution < 1.29 is 26.5 Å². The number of pyridine rings is 1. The molecular formula is C19H20F4N2O2S. The molecule has 0 amide bonds. The van der Waals surface area contributed by atoms with Gasteiger partial charge in [-0.2, -0.15) is 13.2 Å². The second-order valence-corrected chi connectivity index (χ2v) is 9.16. The summed E-state index contributed by atoms with van der Waals surface area (Å²) in [5.41, 5.74) is -1.73. The van der Waals surface area contributed by atoms with Crippen LogP contribution in [0.1, 0.15) is 43.5 Å². The predicted octanol–water partition coefficient (Wildman–Crippen LogP) is 4.10. The van der Waals surface area contributed by atoms with Gasteiger partial charge in [0.05, 0.1) is 33.6 Å². The van der Waals surface area contributed by atoms with Gasteiger partial charge in [-0.25, -0.2) is 8.60 Å². The molecule has 0 aliphatic carbocycles. The van der Waals surface area contributed by atoms with Crippen LogP contribution >= 0.6 is 0 Å². The van der Waals surface area contributed by atoms with Crippen LogP contribution < -0.4 is 9.88 Å². The summed E-state index contributed by atoms with van der Waals surface area (Å²) in [5.74, 6) is -0.911. The van der Waals surface area contributed by atoms with E-state index < -0.39 is 38.7 Å². The van der Waals surface area contributed by atoms with Crippen molar-refractivity contribution in [1.82, 2.24) is 4.98 Å². The average molecular weight is 416 g/mol.